The minimum atomic E-state index is -0.848. The van der Waals surface area contributed by atoms with Crippen LogP contribution in [0.1, 0.15) is 28.6 Å². The van der Waals surface area contributed by atoms with Crippen molar-refractivity contribution >= 4 is 11.7 Å². The first-order chi connectivity index (χ1) is 12.0. The molecule has 2 heterocycles. The normalized spacial score (nSPS) is 22.8. The van der Waals surface area contributed by atoms with Crippen molar-refractivity contribution in [3.8, 4) is 0 Å². The predicted molar refractivity (Wildman–Crippen MR) is 89.2 cm³/mol. The summed E-state index contributed by atoms with van der Waals surface area (Å²) < 4.78 is 6.73. The Morgan fingerprint density at radius 3 is 2.76 bits per heavy atom. The highest BCUT2D eigenvalue weighted by molar-refractivity contribution is 6.03. The van der Waals surface area contributed by atoms with Crippen LogP contribution in [0.4, 0.5) is 5.82 Å². The van der Waals surface area contributed by atoms with Gasteiger partial charge in [0.05, 0.1) is 12.7 Å². The van der Waals surface area contributed by atoms with Crippen molar-refractivity contribution < 1.29 is 19.7 Å². The van der Waals surface area contributed by atoms with Gasteiger partial charge in [0.25, 0.3) is 5.91 Å². The highest BCUT2D eigenvalue weighted by Crippen LogP contribution is 2.27. The van der Waals surface area contributed by atoms with E-state index in [0.717, 1.165) is 0 Å². The first-order valence-corrected chi connectivity index (χ1v) is 7.90. The Morgan fingerprint density at radius 2 is 2.12 bits per heavy atom. The van der Waals surface area contributed by atoms with Crippen LogP contribution in [0.2, 0.25) is 0 Å². The van der Waals surface area contributed by atoms with Gasteiger partial charge in [-0.05, 0) is 19.1 Å². The third kappa shape index (κ3) is 3.60. The fourth-order valence-corrected chi connectivity index (χ4v) is 2.72. The van der Waals surface area contributed by atoms with E-state index in [-0.39, 0.29) is 24.8 Å². The van der Waals surface area contributed by atoms with E-state index in [1.165, 1.54) is 10.8 Å². The van der Waals surface area contributed by atoms with E-state index in [4.69, 9.17) is 9.84 Å². The van der Waals surface area contributed by atoms with Gasteiger partial charge in [-0.25, -0.2) is 4.79 Å². The summed E-state index contributed by atoms with van der Waals surface area (Å²) in [6, 6.07) is 8.61. The fourth-order valence-electron chi connectivity index (χ4n) is 2.72. The topological polar surface area (TPSA) is 114 Å². The number of aliphatic hydroxyl groups is 2. The van der Waals surface area contributed by atoms with Crippen LogP contribution in [-0.4, -0.2) is 44.5 Å². The summed E-state index contributed by atoms with van der Waals surface area (Å²) in [5.74, 6) is -0.186. The van der Waals surface area contributed by atoms with Crippen molar-refractivity contribution in [2.24, 2.45) is 0 Å². The Kier molecular flexibility index (Phi) is 4.93. The molecule has 0 saturated carbocycles. The van der Waals surface area contributed by atoms with Gasteiger partial charge in [0.15, 0.2) is 0 Å². The van der Waals surface area contributed by atoms with Gasteiger partial charge in [0.2, 0.25) is 0 Å². The summed E-state index contributed by atoms with van der Waals surface area (Å²) in [4.78, 5) is 28.4. The minimum absolute atomic E-state index is 0.173. The van der Waals surface area contributed by atoms with E-state index in [2.05, 4.69) is 10.3 Å². The number of nitrogens with zero attached hydrogens (tertiary/aromatic N) is 2. The minimum Gasteiger partial charge on any atom is -0.394 e. The predicted octanol–water partition coefficient (Wildman–Crippen LogP) is 0.445. The molecule has 1 aromatic carbocycles. The Balaban J connectivity index is 1.81. The highest BCUT2D eigenvalue weighted by atomic mass is 16.5. The summed E-state index contributed by atoms with van der Waals surface area (Å²) in [6.45, 7) is 1.38. The van der Waals surface area contributed by atoms with Crippen LogP contribution in [-0.2, 0) is 4.74 Å². The van der Waals surface area contributed by atoms with Gasteiger partial charge in [0.1, 0.15) is 18.1 Å². The molecule has 0 unspecified atom stereocenters. The average molecular weight is 345 g/mol. The first kappa shape index (κ1) is 17.3. The number of aromatic nitrogens is 2. The first-order valence-electron chi connectivity index (χ1n) is 7.90. The lowest BCUT2D eigenvalue weighted by Gasteiger charge is -2.16. The molecule has 8 heteroatoms. The number of carbonyl (C=O) groups excluding carboxylic acids is 1. The molecular weight excluding hydrogens is 326 g/mol. The standard InChI is InChI=1S/C17H19N3O5/c1-10-8-20(14-7-12(22)13(9-21)25-14)17(24)19-15(10)18-16(23)11-5-3-2-4-6-11/h2-6,8,12-14,21-22H,7,9H2,1H3,(H,18,19,23,24)/t12-,13+,14-/m1/s1. The average Bonchev–Trinajstić information content (AvgIpc) is 2.99. The van der Waals surface area contributed by atoms with Crippen LogP contribution in [0.15, 0.2) is 41.3 Å². The monoisotopic (exact) mass is 345 g/mol. The molecule has 2 aromatic rings. The molecule has 1 aliphatic heterocycles. The molecule has 0 aliphatic carbocycles. The van der Waals surface area contributed by atoms with Crippen molar-refractivity contribution in [3.63, 3.8) is 0 Å². The molecule has 0 radical (unpaired) electrons. The highest BCUT2D eigenvalue weighted by Gasteiger charge is 2.35. The molecule has 3 N–H and O–H groups in total. The molecule has 1 amide bonds. The van der Waals surface area contributed by atoms with Crippen molar-refractivity contribution in [1.29, 1.82) is 0 Å². The van der Waals surface area contributed by atoms with Crippen LogP contribution in [0.3, 0.4) is 0 Å². The van der Waals surface area contributed by atoms with Crippen LogP contribution in [0.5, 0.6) is 0 Å². The maximum atomic E-state index is 12.3. The van der Waals surface area contributed by atoms with Crippen molar-refractivity contribution in [2.45, 2.75) is 31.8 Å². The lowest BCUT2D eigenvalue weighted by Crippen LogP contribution is -2.29. The zero-order chi connectivity index (χ0) is 18.0. The molecule has 3 rings (SSSR count). The van der Waals surface area contributed by atoms with Gasteiger partial charge in [0, 0.05) is 23.7 Å². The van der Waals surface area contributed by atoms with E-state index in [1.54, 1.807) is 37.3 Å². The number of aryl methyl sites for hydroxylation is 1. The van der Waals surface area contributed by atoms with Crippen molar-refractivity contribution in [1.82, 2.24) is 9.55 Å². The molecule has 1 fully saturated rings. The molecule has 1 saturated heterocycles. The third-order valence-corrected chi connectivity index (χ3v) is 4.10. The van der Waals surface area contributed by atoms with E-state index >= 15 is 0 Å². The van der Waals surface area contributed by atoms with E-state index < -0.39 is 24.1 Å². The molecule has 1 aliphatic rings. The lowest BCUT2D eigenvalue weighted by molar-refractivity contribution is -0.0459. The Morgan fingerprint density at radius 1 is 1.40 bits per heavy atom. The zero-order valence-corrected chi connectivity index (χ0v) is 13.6. The summed E-state index contributed by atoms with van der Waals surface area (Å²) in [5.41, 5.74) is 0.431. The number of aliphatic hydroxyl groups excluding tert-OH is 2. The maximum absolute atomic E-state index is 12.3. The second-order valence-corrected chi connectivity index (χ2v) is 5.90. The summed E-state index contributed by atoms with van der Waals surface area (Å²) >= 11 is 0. The molecule has 0 spiro atoms. The van der Waals surface area contributed by atoms with Gasteiger partial charge >= 0.3 is 5.69 Å². The number of nitrogens with one attached hydrogen (secondary N) is 1. The number of rotatable bonds is 4. The number of carbonyl (C=O) groups is 1. The van der Waals surface area contributed by atoms with Crippen LogP contribution < -0.4 is 11.0 Å². The molecule has 25 heavy (non-hydrogen) atoms. The number of hydrogen-bond acceptors (Lipinski definition) is 6. The number of amides is 1. The van der Waals surface area contributed by atoms with Crippen molar-refractivity contribution in [2.75, 3.05) is 11.9 Å². The number of hydrogen-bond donors (Lipinski definition) is 3. The van der Waals surface area contributed by atoms with E-state index in [0.29, 0.717) is 11.1 Å². The largest absolute Gasteiger partial charge is 0.394 e. The summed E-state index contributed by atoms with van der Waals surface area (Å²) in [6.07, 6.45) is -0.575. The Labute approximate surface area is 143 Å². The van der Waals surface area contributed by atoms with Gasteiger partial charge in [-0.1, -0.05) is 18.2 Å². The van der Waals surface area contributed by atoms with Gasteiger partial charge in [-0.2, -0.15) is 4.98 Å². The zero-order valence-electron chi connectivity index (χ0n) is 13.6. The van der Waals surface area contributed by atoms with Gasteiger partial charge in [-0.3, -0.25) is 9.36 Å². The Hall–Kier alpha value is -2.55. The Bertz CT molecular complexity index is 821. The third-order valence-electron chi connectivity index (χ3n) is 4.10. The van der Waals surface area contributed by atoms with E-state index in [1.807, 2.05) is 0 Å². The van der Waals surface area contributed by atoms with Crippen LogP contribution >= 0.6 is 0 Å². The van der Waals surface area contributed by atoms with Crippen LogP contribution in [0, 0.1) is 6.92 Å². The van der Waals surface area contributed by atoms with E-state index in [9.17, 15) is 14.7 Å². The molecule has 8 nitrogen and oxygen atoms in total. The molecule has 132 valence electrons. The molecule has 1 aromatic heterocycles. The maximum Gasteiger partial charge on any atom is 0.351 e. The second-order valence-electron chi connectivity index (χ2n) is 5.90. The molecule has 3 atom stereocenters. The lowest BCUT2D eigenvalue weighted by atomic mass is 10.2. The molecular formula is C17H19N3O5. The van der Waals surface area contributed by atoms with Gasteiger partial charge in [-0.15, -0.1) is 0 Å². The van der Waals surface area contributed by atoms with Gasteiger partial charge < -0.3 is 20.3 Å². The SMILES string of the molecule is Cc1cn([C@H]2C[C@@H](O)[C@H](CO)O2)c(=O)nc1NC(=O)c1ccccc1. The smallest absolute Gasteiger partial charge is 0.351 e. The quantitative estimate of drug-likeness (QED) is 0.741. The number of benzene rings is 1. The summed E-state index contributed by atoms with van der Waals surface area (Å²) in [5, 5.41) is 21.6. The van der Waals surface area contributed by atoms with Crippen molar-refractivity contribution in [3.05, 3.63) is 58.1 Å². The molecule has 0 bridgehead atoms. The number of ether oxygens (including phenoxy) is 1. The second kappa shape index (κ2) is 7.14. The fraction of sp³-hybridized carbons (Fsp3) is 0.353. The summed E-state index contributed by atoms with van der Waals surface area (Å²) in [7, 11) is 0. The number of anilines is 1. The van der Waals surface area contributed by atoms with Crippen LogP contribution in [0.25, 0.3) is 0 Å².